The van der Waals surface area contributed by atoms with E-state index in [1.165, 1.54) is 0 Å². The van der Waals surface area contributed by atoms with Gasteiger partial charge in [0.05, 0.1) is 24.7 Å². The topological polar surface area (TPSA) is 75.3 Å². The van der Waals surface area contributed by atoms with Crippen LogP contribution in [0.1, 0.15) is 13.8 Å². The van der Waals surface area contributed by atoms with E-state index in [4.69, 9.17) is 16.3 Å². The zero-order valence-corrected chi connectivity index (χ0v) is 13.9. The predicted molar refractivity (Wildman–Crippen MR) is 92.8 cm³/mol. The van der Waals surface area contributed by atoms with Crippen LogP contribution in [0.15, 0.2) is 36.5 Å². The lowest BCUT2D eigenvalue weighted by Crippen LogP contribution is -2.34. The maximum absolute atomic E-state index is 11.6. The number of anilines is 3. The molecule has 0 aliphatic heterocycles. The summed E-state index contributed by atoms with van der Waals surface area (Å²) in [7, 11) is 1.59. The molecule has 0 saturated carbocycles. The summed E-state index contributed by atoms with van der Waals surface area (Å²) in [5, 5.41) is 9.17. The first-order chi connectivity index (χ1) is 11.0. The van der Waals surface area contributed by atoms with Crippen molar-refractivity contribution in [2.24, 2.45) is 0 Å². The highest BCUT2D eigenvalue weighted by molar-refractivity contribution is 6.31. The fourth-order valence-electron chi connectivity index (χ4n) is 1.89. The lowest BCUT2D eigenvalue weighted by molar-refractivity contribution is 0.250. The fourth-order valence-corrected chi connectivity index (χ4v) is 2.06. The third kappa shape index (κ3) is 5.03. The summed E-state index contributed by atoms with van der Waals surface area (Å²) in [4.78, 5) is 15.9. The Morgan fingerprint density at radius 2 is 2.04 bits per heavy atom. The predicted octanol–water partition coefficient (Wildman–Crippen LogP) is 4.02. The quantitative estimate of drug-likeness (QED) is 0.772. The van der Waals surface area contributed by atoms with Gasteiger partial charge in [-0.2, -0.15) is 0 Å². The van der Waals surface area contributed by atoms with Gasteiger partial charge in [-0.3, -0.25) is 0 Å². The highest BCUT2D eigenvalue weighted by Crippen LogP contribution is 2.30. The molecule has 3 N–H and O–H groups in total. The summed E-state index contributed by atoms with van der Waals surface area (Å²) >= 11 is 5.99. The molecular weight excluding hydrogens is 316 g/mol. The maximum atomic E-state index is 11.6. The van der Waals surface area contributed by atoms with Gasteiger partial charge < -0.3 is 20.7 Å². The summed E-state index contributed by atoms with van der Waals surface area (Å²) in [6.45, 7) is 3.78. The number of amides is 2. The van der Waals surface area contributed by atoms with Crippen molar-refractivity contribution in [1.82, 2.24) is 10.3 Å². The number of hydrogen-bond acceptors (Lipinski definition) is 4. The molecule has 0 atom stereocenters. The summed E-state index contributed by atoms with van der Waals surface area (Å²) in [6.07, 6.45) is 1.57. The number of halogens is 1. The minimum atomic E-state index is -0.265. The van der Waals surface area contributed by atoms with Crippen LogP contribution in [-0.4, -0.2) is 24.2 Å². The number of hydrogen-bond donors (Lipinski definition) is 3. The summed E-state index contributed by atoms with van der Waals surface area (Å²) in [5.74, 6) is 1.27. The number of pyridine rings is 1. The number of methoxy groups -OCH3 is 1. The fraction of sp³-hybridized carbons (Fsp3) is 0.250. The molecule has 23 heavy (non-hydrogen) atoms. The van der Waals surface area contributed by atoms with E-state index in [2.05, 4.69) is 20.9 Å². The first-order valence-electron chi connectivity index (χ1n) is 7.12. The van der Waals surface area contributed by atoms with Crippen LogP contribution >= 0.6 is 11.6 Å². The van der Waals surface area contributed by atoms with E-state index in [-0.39, 0.29) is 12.1 Å². The Hall–Kier alpha value is -2.47. The summed E-state index contributed by atoms with van der Waals surface area (Å²) < 4.78 is 5.27. The van der Waals surface area contributed by atoms with Crippen molar-refractivity contribution in [2.75, 3.05) is 17.7 Å². The molecule has 0 fully saturated rings. The Labute approximate surface area is 140 Å². The average molecular weight is 335 g/mol. The van der Waals surface area contributed by atoms with Crippen LogP contribution in [0, 0.1) is 0 Å². The standard InChI is InChI=1S/C16H19ClN4O2/c1-10(2)19-16(22)20-12-5-7-15(18-9-12)21-13-8-11(17)4-6-14(13)23-3/h4-10H,1-3H3,(H,18,21)(H2,19,20,22). The lowest BCUT2D eigenvalue weighted by atomic mass is 10.3. The Morgan fingerprint density at radius 1 is 1.26 bits per heavy atom. The van der Waals surface area contributed by atoms with Crippen LogP contribution in [0.2, 0.25) is 5.02 Å². The van der Waals surface area contributed by atoms with Crippen LogP contribution in [0.5, 0.6) is 5.75 Å². The molecule has 2 aromatic rings. The van der Waals surface area contributed by atoms with Crippen LogP contribution in [0.4, 0.5) is 22.0 Å². The van der Waals surface area contributed by atoms with E-state index in [9.17, 15) is 4.79 Å². The highest BCUT2D eigenvalue weighted by Gasteiger charge is 2.06. The SMILES string of the molecule is COc1ccc(Cl)cc1Nc1ccc(NC(=O)NC(C)C)cn1. The molecule has 1 aromatic heterocycles. The van der Waals surface area contributed by atoms with Crippen molar-refractivity contribution in [1.29, 1.82) is 0 Å². The molecule has 0 spiro atoms. The van der Waals surface area contributed by atoms with Gasteiger partial charge in [0.1, 0.15) is 11.6 Å². The van der Waals surface area contributed by atoms with Gasteiger partial charge in [0.25, 0.3) is 0 Å². The number of carbonyl (C=O) groups is 1. The molecule has 7 heteroatoms. The maximum Gasteiger partial charge on any atom is 0.319 e. The summed E-state index contributed by atoms with van der Waals surface area (Å²) in [5.41, 5.74) is 1.32. The Bertz CT molecular complexity index is 674. The zero-order chi connectivity index (χ0) is 16.8. The number of aromatic nitrogens is 1. The van der Waals surface area contributed by atoms with Gasteiger partial charge >= 0.3 is 6.03 Å². The van der Waals surface area contributed by atoms with E-state index < -0.39 is 0 Å². The monoisotopic (exact) mass is 334 g/mol. The average Bonchev–Trinajstić information content (AvgIpc) is 2.48. The van der Waals surface area contributed by atoms with Crippen molar-refractivity contribution < 1.29 is 9.53 Å². The highest BCUT2D eigenvalue weighted by atomic mass is 35.5. The van der Waals surface area contributed by atoms with Crippen molar-refractivity contribution in [2.45, 2.75) is 19.9 Å². The van der Waals surface area contributed by atoms with Crippen LogP contribution in [-0.2, 0) is 0 Å². The van der Waals surface area contributed by atoms with E-state index in [0.29, 0.717) is 28.0 Å². The Morgan fingerprint density at radius 3 is 2.65 bits per heavy atom. The number of carbonyl (C=O) groups excluding carboxylic acids is 1. The van der Waals surface area contributed by atoms with Gasteiger partial charge in [0.2, 0.25) is 0 Å². The molecule has 122 valence electrons. The minimum Gasteiger partial charge on any atom is -0.495 e. The van der Waals surface area contributed by atoms with E-state index in [0.717, 1.165) is 0 Å². The third-order valence-electron chi connectivity index (χ3n) is 2.87. The zero-order valence-electron chi connectivity index (χ0n) is 13.2. The smallest absolute Gasteiger partial charge is 0.319 e. The van der Waals surface area contributed by atoms with E-state index in [1.54, 1.807) is 43.6 Å². The van der Waals surface area contributed by atoms with Gasteiger partial charge in [-0.1, -0.05) is 11.6 Å². The molecule has 0 aliphatic carbocycles. The molecule has 0 saturated heterocycles. The van der Waals surface area contributed by atoms with Crippen molar-refractivity contribution >= 4 is 34.8 Å². The first kappa shape index (κ1) is 16.9. The molecule has 0 unspecified atom stereocenters. The van der Waals surface area contributed by atoms with E-state index in [1.807, 2.05) is 13.8 Å². The second-order valence-electron chi connectivity index (χ2n) is 5.15. The van der Waals surface area contributed by atoms with Crippen molar-refractivity contribution in [3.63, 3.8) is 0 Å². The van der Waals surface area contributed by atoms with Gasteiger partial charge in [0.15, 0.2) is 0 Å². The number of nitrogens with zero attached hydrogens (tertiary/aromatic N) is 1. The molecule has 6 nitrogen and oxygen atoms in total. The second-order valence-corrected chi connectivity index (χ2v) is 5.59. The van der Waals surface area contributed by atoms with Crippen LogP contribution in [0.25, 0.3) is 0 Å². The lowest BCUT2D eigenvalue weighted by Gasteiger charge is -2.12. The van der Waals surface area contributed by atoms with Gasteiger partial charge in [0, 0.05) is 11.1 Å². The largest absolute Gasteiger partial charge is 0.495 e. The second kappa shape index (κ2) is 7.69. The third-order valence-corrected chi connectivity index (χ3v) is 3.10. The van der Waals surface area contributed by atoms with Gasteiger partial charge in [-0.05, 0) is 44.2 Å². The Balaban J connectivity index is 2.06. The first-order valence-corrected chi connectivity index (χ1v) is 7.50. The van der Waals surface area contributed by atoms with E-state index >= 15 is 0 Å². The van der Waals surface area contributed by atoms with Crippen molar-refractivity contribution in [3.05, 3.63) is 41.6 Å². The normalized spacial score (nSPS) is 10.3. The summed E-state index contributed by atoms with van der Waals surface area (Å²) in [6, 6.07) is 8.59. The van der Waals surface area contributed by atoms with Crippen LogP contribution < -0.4 is 20.7 Å². The molecule has 1 aromatic carbocycles. The molecular formula is C16H19ClN4O2. The molecule has 0 radical (unpaired) electrons. The van der Waals surface area contributed by atoms with Gasteiger partial charge in [-0.25, -0.2) is 9.78 Å². The van der Waals surface area contributed by atoms with Gasteiger partial charge in [-0.15, -0.1) is 0 Å². The minimum absolute atomic E-state index is 0.0687. The number of nitrogens with one attached hydrogen (secondary N) is 3. The number of urea groups is 1. The molecule has 0 bridgehead atoms. The number of rotatable bonds is 5. The molecule has 2 rings (SSSR count). The molecule has 1 heterocycles. The Kier molecular flexibility index (Phi) is 5.65. The van der Waals surface area contributed by atoms with Crippen LogP contribution in [0.3, 0.4) is 0 Å². The molecule has 2 amide bonds. The van der Waals surface area contributed by atoms with Crippen molar-refractivity contribution in [3.8, 4) is 5.75 Å². The number of ether oxygens (including phenoxy) is 1. The molecule has 0 aliphatic rings. The number of benzene rings is 1.